The number of aliphatic hydroxyl groups is 7. The molecule has 0 aromatic rings. The van der Waals surface area contributed by atoms with E-state index < -0.39 is 106 Å². The highest BCUT2D eigenvalue weighted by Gasteiger charge is 2.74. The Morgan fingerprint density at radius 3 is 2.20 bits per heavy atom. The number of aliphatic hydroxyl groups excluding tert-OH is 5. The number of hydrogen-bond donors (Lipinski definition) is 9. The van der Waals surface area contributed by atoms with Crippen LogP contribution in [0.2, 0.25) is 0 Å². The zero-order valence-electron chi connectivity index (χ0n) is 30.5. The van der Waals surface area contributed by atoms with Gasteiger partial charge in [-0.3, -0.25) is 9.59 Å². The Labute approximate surface area is 297 Å². The fourth-order valence-electron chi connectivity index (χ4n) is 10.7. The van der Waals surface area contributed by atoms with Crippen molar-refractivity contribution in [2.75, 3.05) is 6.61 Å². The lowest BCUT2D eigenvalue weighted by atomic mass is 9.39. The molecule has 6 rings (SSSR count). The number of ketones is 2. The predicted molar refractivity (Wildman–Crippen MR) is 180 cm³/mol. The first-order valence-electron chi connectivity index (χ1n) is 17.8. The number of nitrogens with one attached hydrogen (secondary N) is 2. The van der Waals surface area contributed by atoms with Crippen LogP contribution in [0.25, 0.3) is 0 Å². The van der Waals surface area contributed by atoms with Gasteiger partial charge in [-0.2, -0.15) is 0 Å². The van der Waals surface area contributed by atoms with Gasteiger partial charge in [0.1, 0.15) is 35.8 Å². The summed E-state index contributed by atoms with van der Waals surface area (Å²) >= 11 is 0. The zero-order chi connectivity index (χ0) is 38.0. The Hall–Kier alpha value is -2.69. The number of hydrogen-bond acceptors (Lipinski definition) is 12. The summed E-state index contributed by atoms with van der Waals surface area (Å²) in [7, 11) is 0. The molecule has 2 heterocycles. The molecule has 2 aliphatic heterocycles. The number of carbonyl (C=O) groups excluding carboxylic acids is 3. The van der Waals surface area contributed by atoms with Crippen molar-refractivity contribution in [2.24, 2.45) is 39.4 Å². The second kappa shape index (κ2) is 11.9. The molecule has 4 aliphatic carbocycles. The molecule has 14 nitrogen and oxygen atoms in total. The van der Waals surface area contributed by atoms with Crippen LogP contribution < -0.4 is 10.6 Å². The van der Waals surface area contributed by atoms with Gasteiger partial charge in [-0.1, -0.05) is 32.4 Å². The summed E-state index contributed by atoms with van der Waals surface area (Å²) < 4.78 is 11.5. The summed E-state index contributed by atoms with van der Waals surface area (Å²) in [4.78, 5) is 41.5. The summed E-state index contributed by atoms with van der Waals surface area (Å²) in [6.07, 6.45) is -3.26. The number of ether oxygens (including phenoxy) is 2. The van der Waals surface area contributed by atoms with E-state index in [0.29, 0.717) is 6.42 Å². The number of amides is 2. The third kappa shape index (κ3) is 5.30. The van der Waals surface area contributed by atoms with E-state index in [-0.39, 0.29) is 36.0 Å². The average molecular weight is 719 g/mol. The van der Waals surface area contributed by atoms with Gasteiger partial charge in [-0.25, -0.2) is 4.79 Å². The minimum Gasteiger partial charge on any atom is -0.459 e. The van der Waals surface area contributed by atoms with Gasteiger partial charge in [-0.15, -0.1) is 0 Å². The van der Waals surface area contributed by atoms with E-state index in [9.17, 15) is 50.1 Å². The van der Waals surface area contributed by atoms with Crippen LogP contribution in [0, 0.1) is 39.4 Å². The van der Waals surface area contributed by atoms with Crippen molar-refractivity contribution in [3.05, 3.63) is 35.3 Å². The maximum Gasteiger partial charge on any atom is 0.319 e. The molecule has 0 aromatic heterocycles. The smallest absolute Gasteiger partial charge is 0.319 e. The van der Waals surface area contributed by atoms with Gasteiger partial charge in [0, 0.05) is 29.4 Å². The van der Waals surface area contributed by atoms with E-state index in [4.69, 9.17) is 9.47 Å². The van der Waals surface area contributed by atoms with Crippen LogP contribution in [0.15, 0.2) is 35.3 Å². The fourth-order valence-corrected chi connectivity index (χ4v) is 10.7. The quantitative estimate of drug-likeness (QED) is 0.169. The first-order chi connectivity index (χ1) is 23.4. The summed E-state index contributed by atoms with van der Waals surface area (Å²) in [5, 5.41) is 81.2. The number of rotatable bonds is 6. The first kappa shape index (κ1) is 38.0. The van der Waals surface area contributed by atoms with E-state index in [1.165, 1.54) is 20.8 Å². The highest BCUT2D eigenvalue weighted by molar-refractivity contribution is 6.02. The largest absolute Gasteiger partial charge is 0.459 e. The number of urea groups is 1. The van der Waals surface area contributed by atoms with E-state index in [0.717, 1.165) is 5.57 Å². The Morgan fingerprint density at radius 2 is 1.59 bits per heavy atom. The highest BCUT2D eigenvalue weighted by Crippen LogP contribution is 2.74. The van der Waals surface area contributed by atoms with Gasteiger partial charge in [0.05, 0.1) is 29.8 Å². The first-order valence-corrected chi connectivity index (χ1v) is 17.8. The van der Waals surface area contributed by atoms with E-state index >= 15 is 0 Å². The Morgan fingerprint density at radius 1 is 0.941 bits per heavy atom. The van der Waals surface area contributed by atoms with Gasteiger partial charge >= 0.3 is 6.03 Å². The van der Waals surface area contributed by atoms with Crippen LogP contribution in [-0.2, 0) is 19.1 Å². The lowest BCUT2D eigenvalue weighted by molar-refractivity contribution is -0.291. The van der Waals surface area contributed by atoms with E-state index in [1.54, 1.807) is 26.0 Å². The number of carbonyl (C=O) groups is 3. The van der Waals surface area contributed by atoms with E-state index in [2.05, 4.69) is 10.6 Å². The van der Waals surface area contributed by atoms with Crippen LogP contribution in [0.4, 0.5) is 4.79 Å². The molecule has 3 fully saturated rings. The molecule has 284 valence electrons. The Balaban J connectivity index is 1.39. The molecule has 14 heteroatoms. The maximum absolute atomic E-state index is 14.9. The minimum atomic E-state index is -1.82. The maximum atomic E-state index is 14.9. The van der Waals surface area contributed by atoms with Gasteiger partial charge in [-0.05, 0) is 76.4 Å². The molecule has 0 radical (unpaired) electrons. The normalized spacial score (nSPS) is 46.3. The molecule has 14 unspecified atom stereocenters. The second-order valence-corrected chi connectivity index (χ2v) is 17.6. The molecular formula is C37H54N2O12. The molecule has 0 aromatic carbocycles. The van der Waals surface area contributed by atoms with Crippen LogP contribution in [0.5, 0.6) is 0 Å². The Bertz CT molecular complexity index is 1590. The van der Waals surface area contributed by atoms with Crippen LogP contribution >= 0.6 is 0 Å². The van der Waals surface area contributed by atoms with Crippen molar-refractivity contribution in [3.8, 4) is 0 Å². The second-order valence-electron chi connectivity index (χ2n) is 17.6. The summed E-state index contributed by atoms with van der Waals surface area (Å²) in [5.41, 5.74) is -6.26. The molecular weight excluding hydrogens is 664 g/mol. The van der Waals surface area contributed by atoms with Crippen molar-refractivity contribution in [1.29, 1.82) is 0 Å². The topological polar surface area (TPSA) is 235 Å². The lowest BCUT2D eigenvalue weighted by Gasteiger charge is -2.63. The van der Waals surface area contributed by atoms with Crippen molar-refractivity contribution in [3.63, 3.8) is 0 Å². The molecule has 6 aliphatic rings. The standard InChI is InChI=1S/C37H54N2O12/c1-32(2)16-9-10-21-34(5)13-18(41)28(37(8,49)23-12-22(33(3,4)48)38-31(47)39-23)35(34,6)14-24(42)36(21,7)17(16)11-19(29(32)46)50-30-27(45)26(44)25(43)20(15-40)51-30/h9,11-12,17-18,20-22,25-28,30,40-41,43-45,48-49H,10,13-15H2,1-8H3,(H2,38,39,47). The average Bonchev–Trinajstić information content (AvgIpc) is 3.24. The molecule has 14 atom stereocenters. The minimum absolute atomic E-state index is 0.0301. The zero-order valence-corrected chi connectivity index (χ0v) is 30.5. The summed E-state index contributed by atoms with van der Waals surface area (Å²) in [5.74, 6) is -2.67. The third-order valence-corrected chi connectivity index (χ3v) is 13.9. The van der Waals surface area contributed by atoms with Gasteiger partial charge < -0.3 is 55.9 Å². The molecule has 1 saturated heterocycles. The highest BCUT2D eigenvalue weighted by atomic mass is 16.7. The number of Topliss-reactive ketones (excluding diaryl/α,β-unsaturated/α-hetero) is 2. The van der Waals surface area contributed by atoms with Crippen LogP contribution in [-0.4, -0.2) is 114 Å². The summed E-state index contributed by atoms with van der Waals surface area (Å²) in [6, 6.07) is -1.44. The third-order valence-electron chi connectivity index (χ3n) is 13.9. The summed E-state index contributed by atoms with van der Waals surface area (Å²) in [6.45, 7) is 13.2. The van der Waals surface area contributed by atoms with Crippen LogP contribution in [0.3, 0.4) is 0 Å². The van der Waals surface area contributed by atoms with Crippen molar-refractivity contribution in [1.82, 2.24) is 10.6 Å². The predicted octanol–water partition coefficient (Wildman–Crippen LogP) is 0.318. The molecule has 2 saturated carbocycles. The van der Waals surface area contributed by atoms with Gasteiger partial charge in [0.2, 0.25) is 12.1 Å². The van der Waals surface area contributed by atoms with Gasteiger partial charge in [0.15, 0.2) is 5.76 Å². The Kier molecular flexibility index (Phi) is 8.88. The van der Waals surface area contributed by atoms with Crippen molar-refractivity contribution in [2.45, 2.75) is 129 Å². The van der Waals surface area contributed by atoms with Gasteiger partial charge in [0.25, 0.3) is 0 Å². The molecule has 9 N–H and O–H groups in total. The molecule has 51 heavy (non-hydrogen) atoms. The monoisotopic (exact) mass is 718 g/mol. The SMILES string of the molecule is CC1(C)C(=O)C(OC2OC(CO)C(O)C(O)C2O)=CC2C1=CCC1C2(C)C(=O)CC2(C)C(C(C)(O)C3=CC(C(C)(C)O)NC(=O)N3)C(O)CC12C. The van der Waals surface area contributed by atoms with Crippen LogP contribution in [0.1, 0.15) is 74.7 Å². The fraction of sp³-hybridized carbons (Fsp3) is 0.757. The van der Waals surface area contributed by atoms with Crippen molar-refractivity contribution < 1.29 is 59.6 Å². The van der Waals surface area contributed by atoms with E-state index in [1.807, 2.05) is 26.8 Å². The molecule has 0 spiro atoms. The molecule has 2 amide bonds. The number of allylic oxidation sites excluding steroid dienone is 4. The number of fused-ring (bicyclic) bond motifs is 5. The molecule has 0 bridgehead atoms. The lowest BCUT2D eigenvalue weighted by Crippen LogP contribution is -2.65. The van der Waals surface area contributed by atoms with Crippen molar-refractivity contribution >= 4 is 17.6 Å².